The molecule has 1 N–H and O–H groups in total. The monoisotopic (exact) mass is 365 g/mol. The number of sulfonamides is 1. The number of hydrogen-bond donors (Lipinski definition) is 1. The second kappa shape index (κ2) is 7.85. The SMILES string of the molecule is CCCS(=O)(=O)NCCc1cc(OC)c(OC)cc1Br. The first-order chi connectivity index (χ1) is 9.43. The summed E-state index contributed by atoms with van der Waals surface area (Å²) in [6, 6.07) is 3.66. The zero-order chi connectivity index (χ0) is 15.2. The van der Waals surface area contributed by atoms with Crippen LogP contribution in [0.1, 0.15) is 18.9 Å². The number of nitrogens with one attached hydrogen (secondary N) is 1. The van der Waals surface area contributed by atoms with Gasteiger partial charge in [-0.15, -0.1) is 0 Å². The molecule has 114 valence electrons. The summed E-state index contributed by atoms with van der Waals surface area (Å²) in [5.74, 6) is 1.41. The topological polar surface area (TPSA) is 64.6 Å². The Labute approximate surface area is 128 Å². The van der Waals surface area contributed by atoms with Gasteiger partial charge < -0.3 is 9.47 Å². The number of ether oxygens (including phenoxy) is 2. The van der Waals surface area contributed by atoms with E-state index >= 15 is 0 Å². The lowest BCUT2D eigenvalue weighted by atomic mass is 10.1. The summed E-state index contributed by atoms with van der Waals surface area (Å²) in [6.07, 6.45) is 1.18. The molecular formula is C13H20BrNO4S. The molecule has 0 atom stereocenters. The van der Waals surface area contributed by atoms with Crippen LogP contribution in [0.4, 0.5) is 0 Å². The molecule has 0 saturated carbocycles. The Bertz CT molecular complexity index is 546. The molecule has 20 heavy (non-hydrogen) atoms. The van der Waals surface area contributed by atoms with Crippen LogP contribution in [0.15, 0.2) is 16.6 Å². The summed E-state index contributed by atoms with van der Waals surface area (Å²) in [5, 5.41) is 0. The maximum atomic E-state index is 11.6. The van der Waals surface area contributed by atoms with E-state index in [4.69, 9.17) is 9.47 Å². The third-order valence-electron chi connectivity index (χ3n) is 2.74. The van der Waals surface area contributed by atoms with Gasteiger partial charge in [-0.1, -0.05) is 22.9 Å². The van der Waals surface area contributed by atoms with Crippen molar-refractivity contribution in [3.05, 3.63) is 22.2 Å². The molecule has 1 aromatic rings. The summed E-state index contributed by atoms with van der Waals surface area (Å²) in [5.41, 5.74) is 0.960. The molecule has 0 amide bonds. The minimum atomic E-state index is -3.16. The number of benzene rings is 1. The van der Waals surface area contributed by atoms with Crippen molar-refractivity contribution in [3.63, 3.8) is 0 Å². The fourth-order valence-corrected chi connectivity index (χ4v) is 3.39. The van der Waals surface area contributed by atoms with Crippen molar-refractivity contribution in [1.82, 2.24) is 4.72 Å². The molecule has 0 saturated heterocycles. The van der Waals surface area contributed by atoms with Gasteiger partial charge in [0.15, 0.2) is 11.5 Å². The summed E-state index contributed by atoms with van der Waals surface area (Å²) < 4.78 is 37.0. The van der Waals surface area contributed by atoms with E-state index < -0.39 is 10.0 Å². The molecule has 0 fully saturated rings. The molecule has 5 nitrogen and oxygen atoms in total. The van der Waals surface area contributed by atoms with Crippen molar-refractivity contribution < 1.29 is 17.9 Å². The zero-order valence-electron chi connectivity index (χ0n) is 11.9. The number of rotatable bonds is 8. The second-order valence-corrected chi connectivity index (χ2v) is 7.04. The fourth-order valence-electron chi connectivity index (χ4n) is 1.77. The van der Waals surface area contributed by atoms with Crippen LogP contribution in [0.2, 0.25) is 0 Å². The van der Waals surface area contributed by atoms with Gasteiger partial charge >= 0.3 is 0 Å². The molecule has 0 aliphatic rings. The molecule has 0 heterocycles. The Morgan fingerprint density at radius 2 is 1.80 bits per heavy atom. The lowest BCUT2D eigenvalue weighted by Crippen LogP contribution is -2.28. The molecule has 0 aliphatic heterocycles. The zero-order valence-corrected chi connectivity index (χ0v) is 14.3. The van der Waals surface area contributed by atoms with Gasteiger partial charge in [0.2, 0.25) is 10.0 Å². The molecule has 1 rings (SSSR count). The van der Waals surface area contributed by atoms with E-state index in [1.165, 1.54) is 0 Å². The lowest BCUT2D eigenvalue weighted by Gasteiger charge is -2.12. The first-order valence-corrected chi connectivity index (χ1v) is 8.75. The van der Waals surface area contributed by atoms with Crippen LogP contribution in [-0.4, -0.2) is 34.9 Å². The molecular weight excluding hydrogens is 346 g/mol. The summed E-state index contributed by atoms with van der Waals surface area (Å²) in [7, 11) is -0.0232. The summed E-state index contributed by atoms with van der Waals surface area (Å²) >= 11 is 3.45. The number of hydrogen-bond acceptors (Lipinski definition) is 4. The maximum Gasteiger partial charge on any atom is 0.211 e. The van der Waals surface area contributed by atoms with E-state index in [0.29, 0.717) is 30.9 Å². The van der Waals surface area contributed by atoms with Crippen molar-refractivity contribution in [1.29, 1.82) is 0 Å². The third-order valence-corrected chi connectivity index (χ3v) is 5.07. The van der Waals surface area contributed by atoms with Crippen LogP contribution in [0.25, 0.3) is 0 Å². The molecule has 0 radical (unpaired) electrons. The van der Waals surface area contributed by atoms with Crippen LogP contribution in [-0.2, 0) is 16.4 Å². The quantitative estimate of drug-likeness (QED) is 0.767. The minimum Gasteiger partial charge on any atom is -0.493 e. The van der Waals surface area contributed by atoms with Crippen molar-refractivity contribution in [2.45, 2.75) is 19.8 Å². The Balaban J connectivity index is 2.74. The highest BCUT2D eigenvalue weighted by atomic mass is 79.9. The largest absolute Gasteiger partial charge is 0.493 e. The summed E-state index contributed by atoms with van der Waals surface area (Å²) in [6.45, 7) is 2.20. The predicted octanol–water partition coefficient (Wildman–Crippen LogP) is 2.34. The molecule has 7 heteroatoms. The predicted molar refractivity (Wildman–Crippen MR) is 83.0 cm³/mol. The highest BCUT2D eigenvalue weighted by Gasteiger charge is 2.11. The van der Waals surface area contributed by atoms with Crippen molar-refractivity contribution in [2.24, 2.45) is 0 Å². The minimum absolute atomic E-state index is 0.153. The van der Waals surface area contributed by atoms with Crippen LogP contribution < -0.4 is 14.2 Å². The van der Waals surface area contributed by atoms with E-state index in [2.05, 4.69) is 20.7 Å². The first kappa shape index (κ1) is 17.3. The van der Waals surface area contributed by atoms with Crippen LogP contribution >= 0.6 is 15.9 Å². The van der Waals surface area contributed by atoms with Gasteiger partial charge in [-0.2, -0.15) is 0 Å². The van der Waals surface area contributed by atoms with Gasteiger partial charge in [-0.25, -0.2) is 13.1 Å². The lowest BCUT2D eigenvalue weighted by molar-refractivity contribution is 0.354. The summed E-state index contributed by atoms with van der Waals surface area (Å²) in [4.78, 5) is 0. The number of halogens is 1. The Morgan fingerprint density at radius 3 is 2.35 bits per heavy atom. The average molecular weight is 366 g/mol. The molecule has 0 spiro atoms. The Hall–Kier alpha value is -0.790. The van der Waals surface area contributed by atoms with Crippen molar-refractivity contribution in [2.75, 3.05) is 26.5 Å². The average Bonchev–Trinajstić information content (AvgIpc) is 2.39. The highest BCUT2D eigenvalue weighted by molar-refractivity contribution is 9.10. The molecule has 0 aliphatic carbocycles. The molecule has 0 bridgehead atoms. The van der Waals surface area contributed by atoms with Gasteiger partial charge in [0.05, 0.1) is 20.0 Å². The van der Waals surface area contributed by atoms with Crippen LogP contribution in [0.3, 0.4) is 0 Å². The van der Waals surface area contributed by atoms with Gasteiger partial charge in [0.1, 0.15) is 0 Å². The molecule has 0 unspecified atom stereocenters. The van der Waals surface area contributed by atoms with Gasteiger partial charge in [0, 0.05) is 11.0 Å². The van der Waals surface area contributed by atoms with Gasteiger partial charge in [0.25, 0.3) is 0 Å². The normalized spacial score (nSPS) is 11.4. The standard InChI is InChI=1S/C13H20BrNO4S/c1-4-7-20(16,17)15-6-5-10-8-12(18-2)13(19-3)9-11(10)14/h8-9,15H,4-7H2,1-3H3. The van der Waals surface area contributed by atoms with E-state index in [0.717, 1.165) is 10.0 Å². The van der Waals surface area contributed by atoms with Crippen molar-refractivity contribution in [3.8, 4) is 11.5 Å². The van der Waals surface area contributed by atoms with Gasteiger partial charge in [-0.05, 0) is 30.5 Å². The number of methoxy groups -OCH3 is 2. The van der Waals surface area contributed by atoms with Crippen molar-refractivity contribution >= 4 is 26.0 Å². The second-order valence-electron chi connectivity index (χ2n) is 4.26. The fraction of sp³-hybridized carbons (Fsp3) is 0.538. The van der Waals surface area contributed by atoms with E-state index in [-0.39, 0.29) is 5.75 Å². The Kier molecular flexibility index (Phi) is 6.78. The smallest absolute Gasteiger partial charge is 0.211 e. The highest BCUT2D eigenvalue weighted by Crippen LogP contribution is 2.33. The van der Waals surface area contributed by atoms with Crippen LogP contribution in [0, 0.1) is 0 Å². The third kappa shape index (κ3) is 4.96. The van der Waals surface area contributed by atoms with E-state index in [1.54, 1.807) is 14.2 Å². The Morgan fingerprint density at radius 1 is 1.20 bits per heavy atom. The molecule has 0 aromatic heterocycles. The molecule has 1 aromatic carbocycles. The van der Waals surface area contributed by atoms with E-state index in [1.807, 2.05) is 19.1 Å². The maximum absolute atomic E-state index is 11.6. The van der Waals surface area contributed by atoms with Crippen LogP contribution in [0.5, 0.6) is 11.5 Å². The van der Waals surface area contributed by atoms with Gasteiger partial charge in [-0.3, -0.25) is 0 Å². The first-order valence-electron chi connectivity index (χ1n) is 6.31. The van der Waals surface area contributed by atoms with E-state index in [9.17, 15) is 8.42 Å².